The van der Waals surface area contributed by atoms with Crippen molar-refractivity contribution in [1.82, 2.24) is 9.55 Å². The fraction of sp³-hybridized carbons (Fsp3) is 0.429. The molecule has 3 rings (SSSR count). The molecule has 1 aromatic heterocycles. The summed E-state index contributed by atoms with van der Waals surface area (Å²) in [7, 11) is 0. The highest BCUT2D eigenvalue weighted by Gasteiger charge is 2.26. The molecule has 1 aliphatic rings. The van der Waals surface area contributed by atoms with Crippen molar-refractivity contribution in [2.45, 2.75) is 32.7 Å². The molecule has 106 valence electrons. The van der Waals surface area contributed by atoms with Crippen molar-refractivity contribution in [2.24, 2.45) is 0 Å². The summed E-state index contributed by atoms with van der Waals surface area (Å²) in [5, 5.41) is 9.12. The second-order valence-electron chi connectivity index (χ2n) is 5.86. The van der Waals surface area contributed by atoms with E-state index in [1.807, 2.05) is 20.8 Å². The maximum atomic E-state index is 11.1. The van der Waals surface area contributed by atoms with Crippen LogP contribution >= 0.6 is 0 Å². The monoisotopic (exact) mass is 276 g/mol. The standard InChI is InChI=1S/C14H16N2O4/c1-14(2,3)13-15-8-4-10-11(20-7-19-10)5-9(8)16(13)6-12(17)18/h4-5H,6-7H2,1-3H3,(H,17,18). The average Bonchev–Trinajstić information content (AvgIpc) is 2.89. The fourth-order valence-electron chi connectivity index (χ4n) is 2.38. The van der Waals surface area contributed by atoms with Crippen LogP contribution < -0.4 is 9.47 Å². The number of carboxylic acids is 1. The molecule has 0 atom stereocenters. The molecule has 0 spiro atoms. The number of aliphatic carboxylic acids is 1. The Morgan fingerprint density at radius 2 is 2.00 bits per heavy atom. The highest BCUT2D eigenvalue weighted by atomic mass is 16.7. The minimum absolute atomic E-state index is 0.122. The van der Waals surface area contributed by atoms with Gasteiger partial charge in [0.15, 0.2) is 11.5 Å². The van der Waals surface area contributed by atoms with Gasteiger partial charge in [0.25, 0.3) is 0 Å². The number of rotatable bonds is 2. The summed E-state index contributed by atoms with van der Waals surface area (Å²) in [6.45, 7) is 6.09. The Labute approximate surface area is 115 Å². The third kappa shape index (κ3) is 1.97. The van der Waals surface area contributed by atoms with Gasteiger partial charge in [-0.3, -0.25) is 4.79 Å². The van der Waals surface area contributed by atoms with Crippen LogP contribution in [-0.2, 0) is 16.8 Å². The summed E-state index contributed by atoms with van der Waals surface area (Å²) in [5.74, 6) is 1.12. The molecule has 0 saturated heterocycles. The van der Waals surface area contributed by atoms with Crippen LogP contribution in [0.15, 0.2) is 12.1 Å². The van der Waals surface area contributed by atoms with E-state index in [0.717, 1.165) is 16.9 Å². The van der Waals surface area contributed by atoms with Crippen LogP contribution in [0.2, 0.25) is 0 Å². The normalized spacial score (nSPS) is 13.9. The number of carbonyl (C=O) groups is 1. The lowest BCUT2D eigenvalue weighted by molar-refractivity contribution is -0.137. The van der Waals surface area contributed by atoms with E-state index in [0.29, 0.717) is 11.5 Å². The number of hydrogen-bond acceptors (Lipinski definition) is 4. The van der Waals surface area contributed by atoms with Gasteiger partial charge in [0.2, 0.25) is 6.79 Å². The van der Waals surface area contributed by atoms with Gasteiger partial charge in [-0.25, -0.2) is 4.98 Å². The molecule has 6 nitrogen and oxygen atoms in total. The molecule has 1 aliphatic heterocycles. The molecule has 0 amide bonds. The average molecular weight is 276 g/mol. The quantitative estimate of drug-likeness (QED) is 0.909. The van der Waals surface area contributed by atoms with Crippen LogP contribution in [0.25, 0.3) is 11.0 Å². The molecule has 0 aliphatic carbocycles. The van der Waals surface area contributed by atoms with Gasteiger partial charge in [-0.15, -0.1) is 0 Å². The molecular formula is C14H16N2O4. The number of ether oxygens (including phenoxy) is 2. The molecule has 0 radical (unpaired) electrons. The lowest BCUT2D eigenvalue weighted by Gasteiger charge is -2.19. The van der Waals surface area contributed by atoms with E-state index in [4.69, 9.17) is 14.6 Å². The third-order valence-corrected chi connectivity index (χ3v) is 3.21. The first-order valence-corrected chi connectivity index (χ1v) is 6.38. The van der Waals surface area contributed by atoms with E-state index in [-0.39, 0.29) is 18.8 Å². The molecule has 1 N–H and O–H groups in total. The van der Waals surface area contributed by atoms with E-state index in [1.54, 1.807) is 16.7 Å². The smallest absolute Gasteiger partial charge is 0.323 e. The summed E-state index contributed by atoms with van der Waals surface area (Å²) in [5.41, 5.74) is 1.22. The fourth-order valence-corrected chi connectivity index (χ4v) is 2.38. The predicted octanol–water partition coefficient (Wildman–Crippen LogP) is 2.15. The first-order chi connectivity index (χ1) is 9.36. The first kappa shape index (κ1) is 12.8. The molecule has 0 bridgehead atoms. The zero-order valence-electron chi connectivity index (χ0n) is 11.6. The van der Waals surface area contributed by atoms with Gasteiger partial charge >= 0.3 is 5.97 Å². The molecule has 20 heavy (non-hydrogen) atoms. The molecule has 0 unspecified atom stereocenters. The van der Waals surface area contributed by atoms with Gasteiger partial charge in [-0.2, -0.15) is 0 Å². The van der Waals surface area contributed by atoms with Crippen LogP contribution in [0.1, 0.15) is 26.6 Å². The zero-order valence-corrected chi connectivity index (χ0v) is 11.6. The van der Waals surface area contributed by atoms with Crippen LogP contribution in [0.3, 0.4) is 0 Å². The maximum Gasteiger partial charge on any atom is 0.323 e. The van der Waals surface area contributed by atoms with Crippen molar-refractivity contribution < 1.29 is 19.4 Å². The van der Waals surface area contributed by atoms with Crippen molar-refractivity contribution >= 4 is 17.0 Å². The Morgan fingerprint density at radius 1 is 1.35 bits per heavy atom. The number of aromatic nitrogens is 2. The highest BCUT2D eigenvalue weighted by Crippen LogP contribution is 2.37. The number of fused-ring (bicyclic) bond motifs is 2. The summed E-state index contributed by atoms with van der Waals surface area (Å²) < 4.78 is 12.4. The predicted molar refractivity (Wildman–Crippen MR) is 72.2 cm³/mol. The summed E-state index contributed by atoms with van der Waals surface area (Å²) in [6, 6.07) is 3.59. The van der Waals surface area contributed by atoms with E-state index < -0.39 is 5.97 Å². The second kappa shape index (κ2) is 4.13. The van der Waals surface area contributed by atoms with Crippen molar-refractivity contribution in [2.75, 3.05) is 6.79 Å². The van der Waals surface area contributed by atoms with E-state index >= 15 is 0 Å². The molecular weight excluding hydrogens is 260 g/mol. The zero-order chi connectivity index (χ0) is 14.5. The van der Waals surface area contributed by atoms with Crippen molar-refractivity contribution in [3.8, 4) is 11.5 Å². The topological polar surface area (TPSA) is 73.6 Å². The van der Waals surface area contributed by atoms with Crippen LogP contribution in [0.4, 0.5) is 0 Å². The minimum atomic E-state index is -0.896. The first-order valence-electron chi connectivity index (χ1n) is 6.38. The van der Waals surface area contributed by atoms with Gasteiger partial charge in [0, 0.05) is 17.5 Å². The number of carboxylic acid groups (broad SMARTS) is 1. The van der Waals surface area contributed by atoms with Crippen LogP contribution in [0.5, 0.6) is 11.5 Å². The van der Waals surface area contributed by atoms with Gasteiger partial charge in [0.1, 0.15) is 12.4 Å². The van der Waals surface area contributed by atoms with Crippen LogP contribution in [-0.4, -0.2) is 27.4 Å². The van der Waals surface area contributed by atoms with Gasteiger partial charge in [-0.1, -0.05) is 20.8 Å². The van der Waals surface area contributed by atoms with E-state index in [2.05, 4.69) is 4.98 Å². The molecule has 1 aromatic carbocycles. The Balaban J connectivity index is 2.26. The SMILES string of the molecule is CC(C)(C)c1nc2cc3c(cc2n1CC(=O)O)OCO3. The summed E-state index contributed by atoms with van der Waals surface area (Å²) in [6.07, 6.45) is 0. The van der Waals surface area contributed by atoms with Crippen molar-refractivity contribution in [3.63, 3.8) is 0 Å². The largest absolute Gasteiger partial charge is 0.480 e. The lowest BCUT2D eigenvalue weighted by Crippen LogP contribution is -2.21. The molecule has 2 heterocycles. The van der Waals surface area contributed by atoms with Gasteiger partial charge in [0.05, 0.1) is 11.0 Å². The maximum absolute atomic E-state index is 11.1. The van der Waals surface area contributed by atoms with Crippen molar-refractivity contribution in [1.29, 1.82) is 0 Å². The molecule has 0 fully saturated rings. The Bertz CT molecular complexity index is 697. The Hall–Kier alpha value is -2.24. The third-order valence-electron chi connectivity index (χ3n) is 3.21. The number of hydrogen-bond donors (Lipinski definition) is 1. The second-order valence-corrected chi connectivity index (χ2v) is 5.86. The molecule has 0 saturated carbocycles. The summed E-state index contributed by atoms with van der Waals surface area (Å²) >= 11 is 0. The lowest BCUT2D eigenvalue weighted by atomic mass is 9.95. The van der Waals surface area contributed by atoms with Crippen LogP contribution in [0, 0.1) is 0 Å². The Kier molecular flexibility index (Phi) is 2.64. The summed E-state index contributed by atoms with van der Waals surface area (Å²) in [4.78, 5) is 15.7. The van der Waals surface area contributed by atoms with Gasteiger partial charge in [-0.05, 0) is 0 Å². The van der Waals surface area contributed by atoms with E-state index in [1.165, 1.54) is 0 Å². The minimum Gasteiger partial charge on any atom is -0.480 e. The number of benzene rings is 1. The number of imidazole rings is 1. The Morgan fingerprint density at radius 3 is 2.60 bits per heavy atom. The van der Waals surface area contributed by atoms with Crippen molar-refractivity contribution in [3.05, 3.63) is 18.0 Å². The highest BCUT2D eigenvalue weighted by molar-refractivity contribution is 5.82. The molecule has 6 heteroatoms. The van der Waals surface area contributed by atoms with E-state index in [9.17, 15) is 4.79 Å². The number of nitrogens with zero attached hydrogens (tertiary/aromatic N) is 2. The van der Waals surface area contributed by atoms with Gasteiger partial charge < -0.3 is 19.1 Å². The molecule has 2 aromatic rings.